The first-order valence-corrected chi connectivity index (χ1v) is 10.6. The monoisotopic (exact) mass is 368 g/mol. The average Bonchev–Trinajstić information content (AvgIpc) is 3.16. The van der Waals surface area contributed by atoms with E-state index in [2.05, 4.69) is 15.3 Å². The van der Waals surface area contributed by atoms with E-state index in [4.69, 9.17) is 4.74 Å². The van der Waals surface area contributed by atoms with Gasteiger partial charge in [-0.25, -0.2) is 18.4 Å². The molecule has 0 atom stereocenters. The van der Waals surface area contributed by atoms with Crippen LogP contribution < -0.4 is 5.32 Å². The Morgan fingerprint density at radius 1 is 1.25 bits per heavy atom. The normalized spacial score (nSPS) is 18.8. The van der Waals surface area contributed by atoms with E-state index < -0.39 is 10.0 Å². The van der Waals surface area contributed by atoms with E-state index in [-0.39, 0.29) is 5.75 Å². The third-order valence-electron chi connectivity index (χ3n) is 4.52. The molecule has 1 fully saturated rings. The lowest BCUT2D eigenvalue weighted by atomic mass is 10.2. The number of hydrogen-bond acceptors (Lipinski definition) is 7. The topological polar surface area (TPSA) is 84.4 Å². The Morgan fingerprint density at radius 3 is 2.92 bits per heavy atom. The van der Waals surface area contributed by atoms with Crippen molar-refractivity contribution in [3.63, 3.8) is 0 Å². The lowest BCUT2D eigenvalue weighted by Crippen LogP contribution is -2.42. The van der Waals surface area contributed by atoms with Crippen LogP contribution in [0, 0.1) is 0 Å². The van der Waals surface area contributed by atoms with Gasteiger partial charge in [-0.15, -0.1) is 11.3 Å². The molecule has 1 aliphatic heterocycles. The van der Waals surface area contributed by atoms with E-state index in [1.807, 2.05) is 0 Å². The van der Waals surface area contributed by atoms with Gasteiger partial charge in [-0.05, 0) is 24.8 Å². The minimum Gasteiger partial charge on any atom is -0.379 e. The maximum atomic E-state index is 12.4. The van der Waals surface area contributed by atoms with Crippen LogP contribution in [0.25, 0.3) is 10.2 Å². The second-order valence-electron chi connectivity index (χ2n) is 6.01. The van der Waals surface area contributed by atoms with Gasteiger partial charge in [0, 0.05) is 24.5 Å². The summed E-state index contributed by atoms with van der Waals surface area (Å²) in [4.78, 5) is 11.1. The molecule has 0 aromatic carbocycles. The number of hydrogen-bond donors (Lipinski definition) is 1. The summed E-state index contributed by atoms with van der Waals surface area (Å²) < 4.78 is 31.5. The first kappa shape index (κ1) is 16.2. The maximum Gasteiger partial charge on any atom is 0.215 e. The lowest BCUT2D eigenvalue weighted by molar-refractivity contribution is 0.0731. The number of aromatic nitrogens is 2. The summed E-state index contributed by atoms with van der Waals surface area (Å²) >= 11 is 1.73. The molecule has 130 valence electrons. The Bertz CT molecular complexity index is 844. The van der Waals surface area contributed by atoms with Crippen molar-refractivity contribution in [2.45, 2.75) is 19.3 Å². The van der Waals surface area contributed by atoms with Gasteiger partial charge in [0.15, 0.2) is 0 Å². The van der Waals surface area contributed by atoms with Crippen LogP contribution in [-0.2, 0) is 27.6 Å². The summed E-state index contributed by atoms with van der Waals surface area (Å²) in [5.41, 5.74) is 1.34. The molecule has 0 saturated carbocycles. The number of anilines is 1. The molecule has 7 nitrogen and oxygen atoms in total. The van der Waals surface area contributed by atoms with Gasteiger partial charge < -0.3 is 10.1 Å². The Morgan fingerprint density at radius 2 is 2.08 bits per heavy atom. The molecule has 2 aromatic rings. The first-order valence-electron chi connectivity index (χ1n) is 8.20. The van der Waals surface area contributed by atoms with Crippen LogP contribution in [0.15, 0.2) is 6.33 Å². The van der Waals surface area contributed by atoms with Crippen molar-refractivity contribution in [1.82, 2.24) is 14.3 Å². The van der Waals surface area contributed by atoms with E-state index in [1.165, 1.54) is 21.2 Å². The maximum absolute atomic E-state index is 12.4. The third kappa shape index (κ3) is 3.01. The second kappa shape index (κ2) is 6.55. The zero-order valence-electron chi connectivity index (χ0n) is 13.3. The molecule has 2 aromatic heterocycles. The first-order chi connectivity index (χ1) is 11.6. The Balaban J connectivity index is 1.47. The van der Waals surface area contributed by atoms with E-state index in [0.29, 0.717) is 32.8 Å². The fourth-order valence-corrected chi connectivity index (χ4v) is 5.87. The van der Waals surface area contributed by atoms with E-state index in [9.17, 15) is 8.42 Å². The van der Waals surface area contributed by atoms with Crippen molar-refractivity contribution in [2.24, 2.45) is 0 Å². The molecule has 1 N–H and O–H groups in total. The summed E-state index contributed by atoms with van der Waals surface area (Å²) in [6.07, 6.45) is 4.90. The van der Waals surface area contributed by atoms with Crippen LogP contribution in [-0.4, -0.2) is 61.3 Å². The van der Waals surface area contributed by atoms with Crippen LogP contribution in [0.3, 0.4) is 0 Å². The third-order valence-corrected chi connectivity index (χ3v) is 7.59. The van der Waals surface area contributed by atoms with E-state index in [0.717, 1.165) is 28.9 Å². The highest BCUT2D eigenvalue weighted by molar-refractivity contribution is 7.89. The van der Waals surface area contributed by atoms with Gasteiger partial charge in [0.1, 0.15) is 17.0 Å². The molecule has 4 rings (SSSR count). The van der Waals surface area contributed by atoms with Crippen LogP contribution in [0.2, 0.25) is 0 Å². The van der Waals surface area contributed by atoms with Crippen LogP contribution in [0.1, 0.15) is 16.9 Å². The van der Waals surface area contributed by atoms with Crippen LogP contribution in [0.5, 0.6) is 0 Å². The lowest BCUT2D eigenvalue weighted by Gasteiger charge is -2.26. The van der Waals surface area contributed by atoms with E-state index >= 15 is 0 Å². The van der Waals surface area contributed by atoms with Crippen molar-refractivity contribution in [3.05, 3.63) is 16.8 Å². The van der Waals surface area contributed by atoms with Crippen molar-refractivity contribution in [1.29, 1.82) is 0 Å². The largest absolute Gasteiger partial charge is 0.379 e. The zero-order valence-corrected chi connectivity index (χ0v) is 15.0. The SMILES string of the molecule is O=S(=O)(CCNc1ncnc2sc3c(c12)CCC3)N1CCOCC1. The molecule has 0 spiro atoms. The highest BCUT2D eigenvalue weighted by atomic mass is 32.2. The Kier molecular flexibility index (Phi) is 4.42. The summed E-state index contributed by atoms with van der Waals surface area (Å²) in [5.74, 6) is 0.821. The van der Waals surface area contributed by atoms with Crippen molar-refractivity contribution in [2.75, 3.05) is 43.9 Å². The predicted octanol–water partition coefficient (Wildman–Crippen LogP) is 1.25. The van der Waals surface area contributed by atoms with Gasteiger partial charge in [0.05, 0.1) is 24.4 Å². The highest BCUT2D eigenvalue weighted by Gasteiger charge is 2.25. The number of thiophene rings is 1. The average molecular weight is 368 g/mol. The number of morpholine rings is 1. The molecular weight excluding hydrogens is 348 g/mol. The van der Waals surface area contributed by atoms with Crippen molar-refractivity contribution >= 4 is 37.4 Å². The molecule has 24 heavy (non-hydrogen) atoms. The summed E-state index contributed by atoms with van der Waals surface area (Å²) in [6, 6.07) is 0. The minimum atomic E-state index is -3.25. The number of aryl methyl sites for hydroxylation is 2. The quantitative estimate of drug-likeness (QED) is 0.855. The predicted molar refractivity (Wildman–Crippen MR) is 94.1 cm³/mol. The molecule has 0 bridgehead atoms. The van der Waals surface area contributed by atoms with E-state index in [1.54, 1.807) is 17.7 Å². The van der Waals surface area contributed by atoms with Crippen molar-refractivity contribution < 1.29 is 13.2 Å². The van der Waals surface area contributed by atoms with Gasteiger partial charge in [-0.1, -0.05) is 0 Å². The molecule has 9 heteroatoms. The summed E-state index contributed by atoms with van der Waals surface area (Å²) in [6.45, 7) is 2.17. The molecular formula is C15H20N4O3S2. The molecule has 3 heterocycles. The van der Waals surface area contributed by atoms with Gasteiger partial charge in [-0.2, -0.15) is 4.31 Å². The van der Waals surface area contributed by atoms with Crippen molar-refractivity contribution in [3.8, 4) is 0 Å². The highest BCUT2D eigenvalue weighted by Crippen LogP contribution is 2.38. The molecule has 1 saturated heterocycles. The van der Waals surface area contributed by atoms with Gasteiger partial charge in [-0.3, -0.25) is 0 Å². The Hall–Kier alpha value is -1.29. The molecule has 0 radical (unpaired) electrons. The number of ether oxygens (including phenoxy) is 1. The number of nitrogens with one attached hydrogen (secondary N) is 1. The van der Waals surface area contributed by atoms with Crippen LogP contribution in [0.4, 0.5) is 5.82 Å². The number of rotatable bonds is 5. The van der Waals surface area contributed by atoms with Gasteiger partial charge in [0.2, 0.25) is 10.0 Å². The summed E-state index contributed by atoms with van der Waals surface area (Å²) in [5, 5.41) is 4.30. The zero-order chi connectivity index (χ0) is 16.6. The Labute approximate surface area is 145 Å². The number of nitrogens with zero attached hydrogens (tertiary/aromatic N) is 3. The smallest absolute Gasteiger partial charge is 0.215 e. The van der Waals surface area contributed by atoms with Crippen LogP contribution >= 0.6 is 11.3 Å². The number of sulfonamides is 1. The number of fused-ring (bicyclic) bond motifs is 3. The molecule has 1 aliphatic carbocycles. The van der Waals surface area contributed by atoms with Gasteiger partial charge >= 0.3 is 0 Å². The molecule has 0 amide bonds. The fraction of sp³-hybridized carbons (Fsp3) is 0.600. The standard InChI is InChI=1S/C15H20N4O3S2/c20-24(21,19-5-7-22-8-6-19)9-4-16-14-13-11-2-1-3-12(11)23-15(13)18-10-17-14/h10H,1-9H2,(H,16,17,18). The molecule has 0 unspecified atom stereocenters. The summed E-state index contributed by atoms with van der Waals surface area (Å²) in [7, 11) is -3.25. The second-order valence-corrected chi connectivity index (χ2v) is 9.19. The fourth-order valence-electron chi connectivity index (χ4n) is 3.31. The molecule has 2 aliphatic rings. The van der Waals surface area contributed by atoms with Gasteiger partial charge in [0.25, 0.3) is 0 Å². The minimum absolute atomic E-state index is 0.0603.